The van der Waals surface area contributed by atoms with Crippen LogP contribution in [0.15, 0.2) is 16.5 Å². The van der Waals surface area contributed by atoms with Gasteiger partial charge in [-0.1, -0.05) is 0 Å². The van der Waals surface area contributed by atoms with E-state index in [1.54, 1.807) is 19.1 Å². The van der Waals surface area contributed by atoms with E-state index in [-0.39, 0.29) is 12.5 Å². The van der Waals surface area contributed by atoms with E-state index in [2.05, 4.69) is 5.32 Å². The summed E-state index contributed by atoms with van der Waals surface area (Å²) in [7, 11) is 0. The summed E-state index contributed by atoms with van der Waals surface area (Å²) >= 11 is 0. The summed E-state index contributed by atoms with van der Waals surface area (Å²) < 4.78 is 5.10. The Kier molecular flexibility index (Phi) is 3.52. The van der Waals surface area contributed by atoms with Gasteiger partial charge < -0.3 is 14.8 Å². The maximum atomic E-state index is 11.2. The number of amides is 1. The molecule has 1 aromatic rings. The number of aliphatic hydroxyl groups is 1. The highest BCUT2D eigenvalue weighted by Crippen LogP contribution is 2.05. The predicted molar refractivity (Wildman–Crippen MR) is 47.5 cm³/mol. The smallest absolute Gasteiger partial charge is 0.286 e. The molecule has 2 N–H and O–H groups in total. The second-order valence-electron chi connectivity index (χ2n) is 2.74. The van der Waals surface area contributed by atoms with Crippen LogP contribution in [0.3, 0.4) is 0 Å². The zero-order chi connectivity index (χ0) is 9.68. The van der Waals surface area contributed by atoms with Crippen molar-refractivity contribution in [3.63, 3.8) is 0 Å². The Morgan fingerprint density at radius 2 is 2.38 bits per heavy atom. The highest BCUT2D eigenvalue weighted by molar-refractivity contribution is 5.91. The predicted octanol–water partition coefficient (Wildman–Crippen LogP) is 0.700. The maximum absolute atomic E-state index is 11.2. The first-order valence-corrected chi connectivity index (χ1v) is 4.19. The lowest BCUT2D eigenvalue weighted by Crippen LogP contribution is -2.24. The molecule has 0 radical (unpaired) electrons. The van der Waals surface area contributed by atoms with Gasteiger partial charge in [-0.25, -0.2) is 0 Å². The van der Waals surface area contributed by atoms with Gasteiger partial charge in [-0.3, -0.25) is 4.79 Å². The van der Waals surface area contributed by atoms with Crippen molar-refractivity contribution in [1.29, 1.82) is 0 Å². The quantitative estimate of drug-likeness (QED) is 0.675. The van der Waals surface area contributed by atoms with Gasteiger partial charge in [0.05, 0.1) is 0 Å². The number of aliphatic hydroxyl groups excluding tert-OH is 1. The third-order valence-corrected chi connectivity index (χ3v) is 1.58. The molecule has 0 aliphatic rings. The molecule has 4 nitrogen and oxygen atoms in total. The van der Waals surface area contributed by atoms with Crippen molar-refractivity contribution in [3.05, 3.63) is 23.7 Å². The first-order chi connectivity index (χ1) is 6.24. The number of rotatable bonds is 4. The Morgan fingerprint density at radius 1 is 1.62 bits per heavy atom. The first kappa shape index (κ1) is 9.80. The fourth-order valence-corrected chi connectivity index (χ4v) is 0.925. The molecule has 1 heterocycles. The zero-order valence-electron chi connectivity index (χ0n) is 7.54. The van der Waals surface area contributed by atoms with Crippen molar-refractivity contribution in [3.8, 4) is 0 Å². The molecular weight excluding hydrogens is 170 g/mol. The highest BCUT2D eigenvalue weighted by Gasteiger charge is 2.07. The number of carbonyl (C=O) groups is 1. The first-order valence-electron chi connectivity index (χ1n) is 4.19. The zero-order valence-corrected chi connectivity index (χ0v) is 7.54. The average molecular weight is 183 g/mol. The van der Waals surface area contributed by atoms with Gasteiger partial charge in [0.2, 0.25) is 0 Å². The van der Waals surface area contributed by atoms with Crippen molar-refractivity contribution in [1.82, 2.24) is 5.32 Å². The van der Waals surface area contributed by atoms with E-state index in [4.69, 9.17) is 9.52 Å². The molecule has 72 valence electrons. The molecule has 13 heavy (non-hydrogen) atoms. The standard InChI is InChI=1S/C9H13NO3/c1-7-3-4-8(13-7)9(12)10-5-2-6-11/h3-4,11H,2,5-6H2,1H3,(H,10,12). The van der Waals surface area contributed by atoms with E-state index >= 15 is 0 Å². The second kappa shape index (κ2) is 4.67. The van der Waals surface area contributed by atoms with E-state index in [0.29, 0.717) is 24.5 Å². The van der Waals surface area contributed by atoms with Crippen LogP contribution in [0.4, 0.5) is 0 Å². The van der Waals surface area contributed by atoms with Crippen LogP contribution in [0.5, 0.6) is 0 Å². The van der Waals surface area contributed by atoms with E-state index in [1.807, 2.05) is 0 Å². The molecule has 0 atom stereocenters. The average Bonchev–Trinajstić information content (AvgIpc) is 2.52. The largest absolute Gasteiger partial charge is 0.456 e. The van der Waals surface area contributed by atoms with E-state index in [1.165, 1.54) is 0 Å². The molecule has 0 aliphatic heterocycles. The fraction of sp³-hybridized carbons (Fsp3) is 0.444. The van der Waals surface area contributed by atoms with Crippen molar-refractivity contribution in [2.24, 2.45) is 0 Å². The molecule has 0 fully saturated rings. The number of hydrogen-bond acceptors (Lipinski definition) is 3. The monoisotopic (exact) mass is 183 g/mol. The van der Waals surface area contributed by atoms with Crippen molar-refractivity contribution < 1.29 is 14.3 Å². The van der Waals surface area contributed by atoms with Gasteiger partial charge in [-0.05, 0) is 25.5 Å². The molecule has 1 amide bonds. The van der Waals surface area contributed by atoms with Crippen molar-refractivity contribution >= 4 is 5.91 Å². The van der Waals surface area contributed by atoms with Gasteiger partial charge in [0, 0.05) is 13.2 Å². The van der Waals surface area contributed by atoms with Crippen LogP contribution in [0, 0.1) is 6.92 Å². The second-order valence-corrected chi connectivity index (χ2v) is 2.74. The minimum absolute atomic E-state index is 0.0808. The lowest BCUT2D eigenvalue weighted by molar-refractivity contribution is 0.0922. The molecule has 1 aromatic heterocycles. The Balaban J connectivity index is 2.40. The van der Waals surface area contributed by atoms with Crippen LogP contribution < -0.4 is 5.32 Å². The lowest BCUT2D eigenvalue weighted by Gasteiger charge is -1.99. The van der Waals surface area contributed by atoms with Gasteiger partial charge in [-0.2, -0.15) is 0 Å². The molecule has 4 heteroatoms. The fourth-order valence-electron chi connectivity index (χ4n) is 0.925. The third-order valence-electron chi connectivity index (χ3n) is 1.58. The van der Waals surface area contributed by atoms with Crippen molar-refractivity contribution in [2.45, 2.75) is 13.3 Å². The Bertz CT molecular complexity index is 280. The molecule has 0 spiro atoms. The normalized spacial score (nSPS) is 10.0. The third kappa shape index (κ3) is 2.91. The van der Waals surface area contributed by atoms with Crippen molar-refractivity contribution in [2.75, 3.05) is 13.2 Å². The molecule has 0 aliphatic carbocycles. The van der Waals surface area contributed by atoms with Gasteiger partial charge in [0.25, 0.3) is 5.91 Å². The topological polar surface area (TPSA) is 62.5 Å². The Labute approximate surface area is 76.6 Å². The molecule has 0 saturated carbocycles. The van der Waals surface area contributed by atoms with Crippen LogP contribution in [-0.2, 0) is 0 Å². The minimum Gasteiger partial charge on any atom is -0.456 e. The van der Waals surface area contributed by atoms with E-state index in [0.717, 1.165) is 0 Å². The van der Waals surface area contributed by atoms with Crippen LogP contribution in [0.2, 0.25) is 0 Å². The minimum atomic E-state index is -0.235. The van der Waals surface area contributed by atoms with E-state index < -0.39 is 0 Å². The van der Waals surface area contributed by atoms with Gasteiger partial charge in [-0.15, -0.1) is 0 Å². The maximum Gasteiger partial charge on any atom is 0.286 e. The summed E-state index contributed by atoms with van der Waals surface area (Å²) in [5.41, 5.74) is 0. The van der Waals surface area contributed by atoms with Gasteiger partial charge in [0.15, 0.2) is 5.76 Å². The summed E-state index contributed by atoms with van der Waals surface area (Å²) in [6, 6.07) is 3.37. The summed E-state index contributed by atoms with van der Waals surface area (Å²) in [5.74, 6) is 0.796. The van der Waals surface area contributed by atoms with Gasteiger partial charge >= 0.3 is 0 Å². The molecule has 0 aromatic carbocycles. The summed E-state index contributed by atoms with van der Waals surface area (Å²) in [6.45, 7) is 2.33. The molecule has 0 unspecified atom stereocenters. The number of furan rings is 1. The Hall–Kier alpha value is -1.29. The van der Waals surface area contributed by atoms with Gasteiger partial charge in [0.1, 0.15) is 5.76 Å². The van der Waals surface area contributed by atoms with Crippen LogP contribution in [0.25, 0.3) is 0 Å². The molecule has 0 bridgehead atoms. The number of nitrogens with one attached hydrogen (secondary N) is 1. The number of carbonyl (C=O) groups excluding carboxylic acids is 1. The highest BCUT2D eigenvalue weighted by atomic mass is 16.3. The van der Waals surface area contributed by atoms with Crippen LogP contribution in [0.1, 0.15) is 22.7 Å². The summed E-state index contributed by atoms with van der Waals surface area (Å²) in [4.78, 5) is 11.2. The Morgan fingerprint density at radius 3 is 2.92 bits per heavy atom. The van der Waals surface area contributed by atoms with E-state index in [9.17, 15) is 4.79 Å². The lowest BCUT2D eigenvalue weighted by atomic mass is 10.4. The number of hydrogen-bond donors (Lipinski definition) is 2. The molecular formula is C9H13NO3. The molecule has 1 rings (SSSR count). The number of aryl methyl sites for hydroxylation is 1. The SMILES string of the molecule is Cc1ccc(C(=O)NCCCO)o1. The summed E-state index contributed by atoms with van der Waals surface area (Å²) in [6.07, 6.45) is 0.561. The van der Waals surface area contributed by atoms with Crippen LogP contribution in [-0.4, -0.2) is 24.2 Å². The van der Waals surface area contributed by atoms with Crippen LogP contribution >= 0.6 is 0 Å². The molecule has 0 saturated heterocycles. The summed E-state index contributed by atoms with van der Waals surface area (Å²) in [5, 5.41) is 11.1.